The van der Waals surface area contributed by atoms with Crippen molar-refractivity contribution in [3.63, 3.8) is 0 Å². The van der Waals surface area contributed by atoms with Gasteiger partial charge in [0.15, 0.2) is 0 Å². The van der Waals surface area contributed by atoms with Crippen LogP contribution in [0.3, 0.4) is 0 Å². The zero-order valence-corrected chi connectivity index (χ0v) is 17.2. The van der Waals surface area contributed by atoms with E-state index in [2.05, 4.69) is 60.7 Å². The van der Waals surface area contributed by atoms with Crippen LogP contribution >= 0.6 is 0 Å². The molecule has 1 heteroatoms. The van der Waals surface area contributed by atoms with E-state index in [-0.39, 0.29) is 0 Å². The van der Waals surface area contributed by atoms with Crippen molar-refractivity contribution in [1.29, 1.82) is 0 Å². The molecule has 0 N–H and O–H groups in total. The predicted octanol–water partition coefficient (Wildman–Crippen LogP) is 5.17. The molecule has 2 aromatic carbocycles. The van der Waals surface area contributed by atoms with Gasteiger partial charge < -0.3 is 0 Å². The van der Waals surface area contributed by atoms with E-state index >= 15 is 0 Å². The van der Waals surface area contributed by atoms with Crippen molar-refractivity contribution in [3.8, 4) is 0 Å². The van der Waals surface area contributed by atoms with Gasteiger partial charge in [0.1, 0.15) is 0 Å². The third kappa shape index (κ3) is 6.38. The second-order valence-electron chi connectivity index (χ2n) is 5.24. The number of rotatable bonds is 8. The Bertz CT molecular complexity index is 392. The first-order valence-corrected chi connectivity index (χ1v) is 15.3. The van der Waals surface area contributed by atoms with E-state index in [1.807, 2.05) is 0 Å². The molecule has 0 aliphatic heterocycles. The Balaban J connectivity index is 1.49. The minimum atomic E-state index is -0.538. The Morgan fingerprint density at radius 1 is 0.579 bits per heavy atom. The maximum atomic E-state index is 2.26. The molecule has 19 heavy (non-hydrogen) atoms. The molecule has 96 valence electrons. The van der Waals surface area contributed by atoms with Crippen LogP contribution in [-0.4, -0.2) is 0 Å². The number of benzene rings is 2. The molecule has 0 saturated carbocycles. The average molecular weight is 439 g/mol. The summed E-state index contributed by atoms with van der Waals surface area (Å²) in [5, 5.41) is 0. The third-order valence-corrected chi connectivity index (χ3v) is 11.4. The van der Waals surface area contributed by atoms with E-state index in [1.165, 1.54) is 36.8 Å². The first-order valence-electron chi connectivity index (χ1n) is 7.53. The van der Waals surface area contributed by atoms with E-state index in [4.69, 9.17) is 0 Å². The van der Waals surface area contributed by atoms with Gasteiger partial charge in [-0.05, 0) is 0 Å². The predicted molar refractivity (Wildman–Crippen MR) is 79.1 cm³/mol. The van der Waals surface area contributed by atoms with Crippen LogP contribution in [0.1, 0.15) is 24.0 Å². The van der Waals surface area contributed by atoms with Crippen LogP contribution in [0.2, 0.25) is 7.86 Å². The zero-order chi connectivity index (χ0) is 13.2. The molecule has 0 nitrogen and oxygen atoms in total. The van der Waals surface area contributed by atoms with Gasteiger partial charge in [0.25, 0.3) is 0 Å². The molecule has 0 aromatic heterocycles. The van der Waals surface area contributed by atoms with E-state index in [1.54, 1.807) is 7.86 Å². The molecule has 2 rings (SSSR count). The van der Waals surface area contributed by atoms with Crippen molar-refractivity contribution in [2.75, 3.05) is 0 Å². The summed E-state index contributed by atoms with van der Waals surface area (Å²) in [6.07, 6.45) is 5.44. The van der Waals surface area contributed by atoms with Crippen LogP contribution in [0.4, 0.5) is 0 Å². The summed E-state index contributed by atoms with van der Waals surface area (Å²) in [6.45, 7) is 0. The van der Waals surface area contributed by atoms with Crippen molar-refractivity contribution in [3.05, 3.63) is 71.8 Å². The summed E-state index contributed by atoms with van der Waals surface area (Å²) in [5.74, 6) is 0. The van der Waals surface area contributed by atoms with Gasteiger partial charge in [-0.15, -0.1) is 0 Å². The molecule has 0 aliphatic rings. The first kappa shape index (κ1) is 14.8. The fourth-order valence-electron chi connectivity index (χ4n) is 2.48. The summed E-state index contributed by atoms with van der Waals surface area (Å²) in [4.78, 5) is 0. The molecule has 0 fully saturated rings. The third-order valence-electron chi connectivity index (χ3n) is 3.62. The van der Waals surface area contributed by atoms with E-state index < -0.39 is 24.6 Å². The van der Waals surface area contributed by atoms with Crippen LogP contribution in [-0.2, 0) is 37.4 Å². The number of hydrogen-bond acceptors (Lipinski definition) is 0. The quantitative estimate of drug-likeness (QED) is 0.394. The van der Waals surface area contributed by atoms with Gasteiger partial charge in [-0.2, -0.15) is 0 Å². The molecule has 0 saturated heterocycles. The Morgan fingerprint density at radius 3 is 1.42 bits per heavy atom. The number of aryl methyl sites for hydroxylation is 2. The molecule has 0 spiro atoms. The molecule has 0 aliphatic carbocycles. The van der Waals surface area contributed by atoms with Gasteiger partial charge in [0, 0.05) is 0 Å². The minimum absolute atomic E-state index is 0.538. The SMILES string of the molecule is c1ccc(CC[CH2][Hg][CH2]CCc2ccccc2)cc1. The second-order valence-corrected chi connectivity index (χ2v) is 13.5. The van der Waals surface area contributed by atoms with Crippen LogP contribution in [0, 0.1) is 0 Å². The van der Waals surface area contributed by atoms with E-state index in [0.29, 0.717) is 0 Å². The summed E-state index contributed by atoms with van der Waals surface area (Å²) >= 11 is -0.538. The van der Waals surface area contributed by atoms with Gasteiger partial charge >= 0.3 is 130 Å². The van der Waals surface area contributed by atoms with Gasteiger partial charge in [-0.1, -0.05) is 0 Å². The summed E-state index contributed by atoms with van der Waals surface area (Å²) in [5.41, 5.74) is 3.03. The topological polar surface area (TPSA) is 0 Å². The van der Waals surface area contributed by atoms with Crippen molar-refractivity contribution < 1.29 is 24.6 Å². The molecule has 0 heterocycles. The Hall–Kier alpha value is -0.625. The summed E-state index contributed by atoms with van der Waals surface area (Å²) in [7, 11) is 0. The standard InChI is InChI=1S/2C9H11.Hg/c2*1-2-6-9-7-4-3-5-8-9;/h2*3-5,7-8H,1-2,6H2;. The molecule has 2 aromatic rings. The van der Waals surface area contributed by atoms with Crippen molar-refractivity contribution in [2.24, 2.45) is 0 Å². The second kappa shape index (κ2) is 9.31. The monoisotopic (exact) mass is 440 g/mol. The molecule has 0 radical (unpaired) electrons. The first-order chi connectivity index (χ1) is 9.45. The van der Waals surface area contributed by atoms with Gasteiger partial charge in [0.05, 0.1) is 0 Å². The number of hydrogen-bond donors (Lipinski definition) is 0. The zero-order valence-electron chi connectivity index (χ0n) is 11.7. The molecular formula is C18H22Hg. The van der Waals surface area contributed by atoms with Gasteiger partial charge in [-0.25, -0.2) is 0 Å². The van der Waals surface area contributed by atoms with Crippen molar-refractivity contribution in [2.45, 2.75) is 33.5 Å². The van der Waals surface area contributed by atoms with Crippen LogP contribution in [0.25, 0.3) is 0 Å². The average Bonchev–Trinajstić information content (AvgIpc) is 2.48. The van der Waals surface area contributed by atoms with Crippen LogP contribution in [0.5, 0.6) is 0 Å². The summed E-state index contributed by atoms with van der Waals surface area (Å²) < 4.78 is 3.17. The van der Waals surface area contributed by atoms with Crippen LogP contribution in [0.15, 0.2) is 60.7 Å². The molecule has 0 atom stereocenters. The van der Waals surface area contributed by atoms with Gasteiger partial charge in [-0.3, -0.25) is 0 Å². The normalized spacial score (nSPS) is 10.1. The fraction of sp³-hybridized carbons (Fsp3) is 0.333. The Morgan fingerprint density at radius 2 is 1.00 bits per heavy atom. The Labute approximate surface area is 129 Å². The van der Waals surface area contributed by atoms with E-state index in [9.17, 15) is 0 Å². The van der Waals surface area contributed by atoms with Crippen LogP contribution < -0.4 is 0 Å². The molecular weight excluding hydrogens is 417 g/mol. The Kier molecular flexibility index (Phi) is 7.24. The van der Waals surface area contributed by atoms with E-state index in [0.717, 1.165) is 0 Å². The van der Waals surface area contributed by atoms with Gasteiger partial charge in [0.2, 0.25) is 0 Å². The molecule has 0 bridgehead atoms. The van der Waals surface area contributed by atoms with Crippen molar-refractivity contribution in [1.82, 2.24) is 0 Å². The van der Waals surface area contributed by atoms with Crippen molar-refractivity contribution >= 4 is 0 Å². The molecule has 0 unspecified atom stereocenters. The molecule has 0 amide bonds. The summed E-state index contributed by atoms with van der Waals surface area (Å²) in [6, 6.07) is 21.8. The fourth-order valence-corrected chi connectivity index (χ4v) is 8.54. The maximum absolute atomic E-state index is 2.26.